The minimum atomic E-state index is -0.482. The SMILES string of the molecule is N#C/C(=C/c1cccc(O)c1)C(=O)Nc1ccccc1I. The fourth-order valence-electron chi connectivity index (χ4n) is 1.68. The summed E-state index contributed by atoms with van der Waals surface area (Å²) in [5.74, 6) is -0.399. The van der Waals surface area contributed by atoms with Crippen molar-refractivity contribution in [3.8, 4) is 11.8 Å². The summed E-state index contributed by atoms with van der Waals surface area (Å²) >= 11 is 2.11. The van der Waals surface area contributed by atoms with Crippen molar-refractivity contribution < 1.29 is 9.90 Å². The normalized spacial score (nSPS) is 10.8. The second kappa shape index (κ2) is 6.90. The van der Waals surface area contributed by atoms with Gasteiger partial charge in [-0.25, -0.2) is 0 Å². The molecule has 0 unspecified atom stereocenters. The second-order valence-corrected chi connectivity index (χ2v) is 5.36. The highest BCUT2D eigenvalue weighted by atomic mass is 127. The predicted molar refractivity (Wildman–Crippen MR) is 89.5 cm³/mol. The zero-order valence-electron chi connectivity index (χ0n) is 10.9. The maximum absolute atomic E-state index is 12.1. The first kappa shape index (κ1) is 15.1. The predicted octanol–water partition coefficient (Wildman–Crippen LogP) is 3.54. The Morgan fingerprint density at radius 3 is 2.67 bits per heavy atom. The number of hydrogen-bond acceptors (Lipinski definition) is 3. The summed E-state index contributed by atoms with van der Waals surface area (Å²) in [5.41, 5.74) is 1.21. The number of rotatable bonds is 3. The van der Waals surface area contributed by atoms with Crippen LogP contribution >= 0.6 is 22.6 Å². The molecule has 0 aliphatic carbocycles. The Balaban J connectivity index is 2.24. The average Bonchev–Trinajstić information content (AvgIpc) is 2.47. The number of nitrogens with one attached hydrogen (secondary N) is 1. The summed E-state index contributed by atoms with van der Waals surface area (Å²) in [5, 5.41) is 21.2. The van der Waals surface area contributed by atoms with Gasteiger partial charge in [0.15, 0.2) is 0 Å². The van der Waals surface area contributed by atoms with Crippen LogP contribution < -0.4 is 5.32 Å². The highest BCUT2D eigenvalue weighted by Gasteiger charge is 2.11. The van der Waals surface area contributed by atoms with Crippen LogP contribution in [0.1, 0.15) is 5.56 Å². The average molecular weight is 390 g/mol. The summed E-state index contributed by atoms with van der Waals surface area (Å²) in [4.78, 5) is 12.1. The minimum Gasteiger partial charge on any atom is -0.508 e. The molecule has 4 nitrogen and oxygen atoms in total. The van der Waals surface area contributed by atoms with Crippen LogP contribution in [0.25, 0.3) is 6.08 Å². The van der Waals surface area contributed by atoms with Crippen molar-refractivity contribution in [3.63, 3.8) is 0 Å². The third-order valence-electron chi connectivity index (χ3n) is 2.67. The number of nitriles is 1. The van der Waals surface area contributed by atoms with Gasteiger partial charge in [-0.1, -0.05) is 24.3 Å². The van der Waals surface area contributed by atoms with E-state index in [2.05, 4.69) is 27.9 Å². The van der Waals surface area contributed by atoms with Crippen LogP contribution in [-0.4, -0.2) is 11.0 Å². The van der Waals surface area contributed by atoms with Crippen molar-refractivity contribution in [2.75, 3.05) is 5.32 Å². The number of anilines is 1. The molecule has 5 heteroatoms. The maximum Gasteiger partial charge on any atom is 0.266 e. The van der Waals surface area contributed by atoms with Gasteiger partial charge in [-0.15, -0.1) is 0 Å². The number of nitrogens with zero attached hydrogens (tertiary/aromatic N) is 1. The Morgan fingerprint density at radius 1 is 1.24 bits per heavy atom. The zero-order chi connectivity index (χ0) is 15.2. The van der Waals surface area contributed by atoms with E-state index in [0.717, 1.165) is 3.57 Å². The van der Waals surface area contributed by atoms with Crippen LogP contribution in [0.4, 0.5) is 5.69 Å². The number of para-hydroxylation sites is 1. The Kier molecular flexibility index (Phi) is 4.95. The summed E-state index contributed by atoms with van der Waals surface area (Å²) in [7, 11) is 0. The van der Waals surface area contributed by atoms with Crippen LogP contribution in [-0.2, 0) is 4.79 Å². The molecule has 2 aromatic carbocycles. The first-order chi connectivity index (χ1) is 10.1. The lowest BCUT2D eigenvalue weighted by molar-refractivity contribution is -0.112. The van der Waals surface area contributed by atoms with Crippen LogP contribution in [0, 0.1) is 14.9 Å². The number of carbonyl (C=O) groups is 1. The number of halogens is 1. The number of phenols is 1. The molecule has 0 atom stereocenters. The van der Waals surface area contributed by atoms with Gasteiger partial charge in [0.2, 0.25) is 0 Å². The molecule has 0 saturated carbocycles. The first-order valence-corrected chi connectivity index (χ1v) is 7.15. The van der Waals surface area contributed by atoms with E-state index in [1.54, 1.807) is 18.2 Å². The molecule has 1 amide bonds. The van der Waals surface area contributed by atoms with E-state index in [4.69, 9.17) is 5.26 Å². The van der Waals surface area contributed by atoms with Gasteiger partial charge in [0, 0.05) is 3.57 Å². The summed E-state index contributed by atoms with van der Waals surface area (Å²) < 4.78 is 0.887. The molecule has 21 heavy (non-hydrogen) atoms. The zero-order valence-corrected chi connectivity index (χ0v) is 13.0. The Morgan fingerprint density at radius 2 is 2.00 bits per heavy atom. The summed E-state index contributed by atoms with van der Waals surface area (Å²) in [6.45, 7) is 0. The van der Waals surface area contributed by atoms with Gasteiger partial charge in [-0.2, -0.15) is 5.26 Å². The lowest BCUT2D eigenvalue weighted by Gasteiger charge is -2.06. The Bertz CT molecular complexity index is 748. The summed E-state index contributed by atoms with van der Waals surface area (Å²) in [6.07, 6.45) is 1.44. The van der Waals surface area contributed by atoms with Crippen molar-refractivity contribution in [1.29, 1.82) is 5.26 Å². The van der Waals surface area contributed by atoms with Crippen molar-refractivity contribution in [2.24, 2.45) is 0 Å². The molecule has 0 radical (unpaired) electrons. The smallest absolute Gasteiger partial charge is 0.266 e. The van der Waals surface area contributed by atoms with Crippen LogP contribution in [0.5, 0.6) is 5.75 Å². The molecular formula is C16H11IN2O2. The van der Waals surface area contributed by atoms with Gasteiger partial charge < -0.3 is 10.4 Å². The Labute approximate surface area is 135 Å². The van der Waals surface area contributed by atoms with E-state index in [1.807, 2.05) is 24.3 Å². The first-order valence-electron chi connectivity index (χ1n) is 6.07. The number of phenolic OH excluding ortho intramolecular Hbond substituents is 1. The van der Waals surface area contributed by atoms with Gasteiger partial charge in [0.05, 0.1) is 5.69 Å². The fourth-order valence-corrected chi connectivity index (χ4v) is 2.20. The molecule has 0 aromatic heterocycles. The number of carbonyl (C=O) groups excluding carboxylic acids is 1. The van der Waals surface area contributed by atoms with Crippen LogP contribution in [0.3, 0.4) is 0 Å². The molecule has 0 heterocycles. The van der Waals surface area contributed by atoms with Gasteiger partial charge >= 0.3 is 0 Å². The topological polar surface area (TPSA) is 73.1 Å². The standard InChI is InChI=1S/C16H11IN2O2/c17-14-6-1-2-7-15(14)19-16(21)12(10-18)8-11-4-3-5-13(20)9-11/h1-9,20H,(H,19,21)/b12-8-. The van der Waals surface area contributed by atoms with E-state index < -0.39 is 5.91 Å². The molecule has 0 spiro atoms. The summed E-state index contributed by atoms with van der Waals surface area (Å²) in [6, 6.07) is 15.5. The molecule has 0 aliphatic heterocycles. The van der Waals surface area contributed by atoms with E-state index in [1.165, 1.54) is 18.2 Å². The van der Waals surface area contributed by atoms with Crippen molar-refractivity contribution in [3.05, 3.63) is 63.2 Å². The van der Waals surface area contributed by atoms with Gasteiger partial charge in [0.1, 0.15) is 17.4 Å². The molecule has 104 valence electrons. The van der Waals surface area contributed by atoms with Gasteiger partial charge in [-0.3, -0.25) is 4.79 Å². The second-order valence-electron chi connectivity index (χ2n) is 4.20. The number of hydrogen-bond donors (Lipinski definition) is 2. The highest BCUT2D eigenvalue weighted by molar-refractivity contribution is 14.1. The molecule has 2 N–H and O–H groups in total. The van der Waals surface area contributed by atoms with E-state index in [-0.39, 0.29) is 11.3 Å². The van der Waals surface area contributed by atoms with E-state index in [9.17, 15) is 9.90 Å². The highest BCUT2D eigenvalue weighted by Crippen LogP contribution is 2.19. The third-order valence-corrected chi connectivity index (χ3v) is 3.61. The minimum absolute atomic E-state index is 0.0275. The molecule has 2 aromatic rings. The molecule has 2 rings (SSSR count). The lowest BCUT2D eigenvalue weighted by atomic mass is 10.1. The quantitative estimate of drug-likeness (QED) is 0.479. The number of aromatic hydroxyl groups is 1. The molecular weight excluding hydrogens is 379 g/mol. The van der Waals surface area contributed by atoms with E-state index >= 15 is 0 Å². The number of benzene rings is 2. The Hall–Kier alpha value is -2.33. The fraction of sp³-hybridized carbons (Fsp3) is 0. The van der Waals surface area contributed by atoms with Gasteiger partial charge in [0.25, 0.3) is 5.91 Å². The van der Waals surface area contributed by atoms with Crippen molar-refractivity contribution in [2.45, 2.75) is 0 Å². The molecule has 0 saturated heterocycles. The monoisotopic (exact) mass is 390 g/mol. The molecule has 0 fully saturated rings. The number of amides is 1. The third kappa shape index (κ3) is 4.07. The molecule has 0 bridgehead atoms. The van der Waals surface area contributed by atoms with Crippen LogP contribution in [0.2, 0.25) is 0 Å². The molecule has 0 aliphatic rings. The van der Waals surface area contributed by atoms with E-state index in [0.29, 0.717) is 11.3 Å². The van der Waals surface area contributed by atoms with Gasteiger partial charge in [-0.05, 0) is 58.5 Å². The lowest BCUT2D eigenvalue weighted by Crippen LogP contribution is -2.14. The largest absolute Gasteiger partial charge is 0.508 e. The van der Waals surface area contributed by atoms with Crippen LogP contribution in [0.15, 0.2) is 54.1 Å². The van der Waals surface area contributed by atoms with Crippen molar-refractivity contribution in [1.82, 2.24) is 0 Å². The maximum atomic E-state index is 12.1. The van der Waals surface area contributed by atoms with Crippen molar-refractivity contribution >= 4 is 40.3 Å².